The quantitative estimate of drug-likeness (QED) is 0.150. The Morgan fingerprint density at radius 2 is 2.30 bits per heavy atom. The summed E-state index contributed by atoms with van der Waals surface area (Å²) < 4.78 is 5.05. The number of carbonyl (C=O) groups is 3. The third kappa shape index (κ3) is 4.53. The van der Waals surface area contributed by atoms with Crippen LogP contribution in [0.1, 0.15) is 5.69 Å². The number of nitrogens with two attached hydrogens (primary N) is 1. The zero-order valence-corrected chi connectivity index (χ0v) is 18.0. The number of β-lactam (4-membered cyclic amide) rings is 1. The van der Waals surface area contributed by atoms with Crippen molar-refractivity contribution in [3.05, 3.63) is 22.8 Å². The van der Waals surface area contributed by atoms with Crippen molar-refractivity contribution in [2.75, 3.05) is 31.1 Å². The zero-order chi connectivity index (χ0) is 21.7. The van der Waals surface area contributed by atoms with E-state index in [-0.39, 0.29) is 34.7 Å². The molecule has 2 amide bonds. The van der Waals surface area contributed by atoms with Crippen molar-refractivity contribution in [2.45, 2.75) is 11.4 Å². The summed E-state index contributed by atoms with van der Waals surface area (Å²) in [5, 5.41) is 7.69. The number of aromatic nitrogens is 1. The van der Waals surface area contributed by atoms with E-state index in [0.29, 0.717) is 5.75 Å². The van der Waals surface area contributed by atoms with Crippen LogP contribution in [-0.2, 0) is 24.0 Å². The molecule has 1 aromatic heterocycles. The molecule has 3 rings (SSSR count). The van der Waals surface area contributed by atoms with Crippen LogP contribution in [0.2, 0.25) is 0 Å². The summed E-state index contributed by atoms with van der Waals surface area (Å²) in [6.07, 6.45) is 1.60. The molecular formula is C17H16ClN5O5S2. The number of thiazole rings is 1. The van der Waals surface area contributed by atoms with Crippen LogP contribution in [0.3, 0.4) is 0 Å². The number of nitrogen functional groups attached to an aromatic ring is 1. The van der Waals surface area contributed by atoms with Gasteiger partial charge in [0.25, 0.3) is 11.8 Å². The normalized spacial score (nSPS) is 20.2. The highest BCUT2D eigenvalue weighted by Gasteiger charge is 2.53. The van der Waals surface area contributed by atoms with Gasteiger partial charge in [-0.25, -0.2) is 9.78 Å². The molecule has 2 aliphatic heterocycles. The van der Waals surface area contributed by atoms with Crippen molar-refractivity contribution in [3.63, 3.8) is 0 Å². The van der Waals surface area contributed by atoms with Crippen molar-refractivity contribution >= 4 is 63.3 Å². The number of nitrogens with zero attached hydrogens (tertiary/aromatic N) is 3. The third-order valence-electron chi connectivity index (χ3n) is 3.97. The monoisotopic (exact) mass is 469 g/mol. The van der Waals surface area contributed by atoms with E-state index in [1.807, 2.05) is 0 Å². The Morgan fingerprint density at radius 1 is 1.50 bits per heavy atom. The van der Waals surface area contributed by atoms with Crippen molar-refractivity contribution in [3.8, 4) is 11.8 Å². The second-order valence-corrected chi connectivity index (χ2v) is 8.04. The van der Waals surface area contributed by atoms with Gasteiger partial charge in [-0.1, -0.05) is 17.0 Å². The minimum atomic E-state index is -0.840. The van der Waals surface area contributed by atoms with E-state index >= 15 is 0 Å². The summed E-state index contributed by atoms with van der Waals surface area (Å²) in [5.74, 6) is 4.00. The van der Waals surface area contributed by atoms with Crippen LogP contribution in [0.4, 0.5) is 5.13 Å². The molecule has 0 bridgehead atoms. The number of ether oxygens (including phenoxy) is 1. The van der Waals surface area contributed by atoms with Crippen LogP contribution < -0.4 is 11.1 Å². The van der Waals surface area contributed by atoms with E-state index in [4.69, 9.17) is 26.9 Å². The van der Waals surface area contributed by atoms with Gasteiger partial charge in [0.2, 0.25) is 0 Å². The highest BCUT2D eigenvalue weighted by molar-refractivity contribution is 8.00. The van der Waals surface area contributed by atoms with Crippen LogP contribution in [-0.4, -0.2) is 70.1 Å². The maximum Gasteiger partial charge on any atom is 0.355 e. The number of amides is 2. The second kappa shape index (κ2) is 9.84. The number of esters is 1. The lowest BCUT2D eigenvalue weighted by atomic mass is 10.0. The van der Waals surface area contributed by atoms with Gasteiger partial charge in [0, 0.05) is 11.1 Å². The van der Waals surface area contributed by atoms with Gasteiger partial charge in [0.1, 0.15) is 29.9 Å². The van der Waals surface area contributed by atoms with Gasteiger partial charge < -0.3 is 20.6 Å². The summed E-state index contributed by atoms with van der Waals surface area (Å²) in [5.41, 5.74) is 5.86. The van der Waals surface area contributed by atoms with Gasteiger partial charge in [0.05, 0.1) is 5.88 Å². The highest BCUT2D eigenvalue weighted by atomic mass is 35.5. The Hall–Kier alpha value is -2.75. The zero-order valence-electron chi connectivity index (χ0n) is 15.6. The maximum atomic E-state index is 12.7. The third-order valence-corrected chi connectivity index (χ3v) is 5.96. The summed E-state index contributed by atoms with van der Waals surface area (Å²) in [4.78, 5) is 47.6. The number of alkyl halides is 1. The van der Waals surface area contributed by atoms with E-state index in [2.05, 4.69) is 27.3 Å². The molecule has 0 saturated carbocycles. The van der Waals surface area contributed by atoms with Crippen LogP contribution in [0.5, 0.6) is 0 Å². The average molecular weight is 470 g/mol. The molecule has 158 valence electrons. The first-order valence-electron chi connectivity index (χ1n) is 8.45. The number of oxime groups is 1. The summed E-state index contributed by atoms with van der Waals surface area (Å²) in [6, 6.07) is -0.840. The lowest BCUT2D eigenvalue weighted by Crippen LogP contribution is -2.70. The average Bonchev–Trinajstić information content (AvgIpc) is 3.18. The number of hydrogen-bond acceptors (Lipinski definition) is 10. The van der Waals surface area contributed by atoms with Crippen molar-refractivity contribution in [2.24, 2.45) is 5.16 Å². The first kappa shape index (κ1) is 21.9. The lowest BCUT2D eigenvalue weighted by molar-refractivity contribution is -0.151. The van der Waals surface area contributed by atoms with Crippen LogP contribution in [0.15, 0.2) is 22.3 Å². The van der Waals surface area contributed by atoms with Crippen molar-refractivity contribution in [1.29, 1.82) is 0 Å². The molecule has 2 aliphatic rings. The second-order valence-electron chi connectivity index (χ2n) is 5.73. The minimum absolute atomic E-state index is 0.106. The Morgan fingerprint density at radius 3 is 2.97 bits per heavy atom. The SMILES string of the molecule is CON=C(C(=O)NC1C(=O)N2C(C(=O)OCC#CCCl)=CCS[C@@H]12)c1csc(N)n1. The molecule has 1 saturated heterocycles. The van der Waals surface area contributed by atoms with Crippen molar-refractivity contribution in [1.82, 2.24) is 15.2 Å². The molecule has 1 aromatic rings. The standard InChI is InChI=1S/C17H16ClN5O5S2/c1-27-22-11(9-8-30-17(19)20-9)13(24)21-12-14(25)23-10(4-7-29-15(12)23)16(26)28-6-3-2-5-18/h4,8,12,15H,5-7H2,1H3,(H2,19,20)(H,21,24)/t12?,15-/m0/s1. The summed E-state index contributed by atoms with van der Waals surface area (Å²) in [7, 11) is 1.29. The fourth-order valence-electron chi connectivity index (χ4n) is 2.71. The Balaban J connectivity index is 1.67. The lowest BCUT2D eigenvalue weighted by Gasteiger charge is -2.48. The smallest absolute Gasteiger partial charge is 0.355 e. The van der Waals surface area contributed by atoms with Gasteiger partial charge in [-0.05, 0) is 6.08 Å². The molecule has 3 heterocycles. The predicted molar refractivity (Wildman–Crippen MR) is 113 cm³/mol. The number of anilines is 1. The first-order chi connectivity index (χ1) is 14.5. The van der Waals surface area contributed by atoms with Crippen LogP contribution in [0.25, 0.3) is 0 Å². The molecule has 1 fully saturated rings. The van der Waals surface area contributed by atoms with Gasteiger partial charge in [-0.2, -0.15) is 0 Å². The largest absolute Gasteiger partial charge is 0.448 e. The molecule has 10 nitrogen and oxygen atoms in total. The summed E-state index contributed by atoms with van der Waals surface area (Å²) >= 11 is 7.98. The van der Waals surface area contributed by atoms with Gasteiger partial charge in [-0.3, -0.25) is 14.5 Å². The molecule has 13 heteroatoms. The number of hydrogen-bond donors (Lipinski definition) is 2. The number of carbonyl (C=O) groups excluding carboxylic acids is 3. The number of halogens is 1. The van der Waals surface area contributed by atoms with Crippen LogP contribution >= 0.6 is 34.7 Å². The number of nitrogens with one attached hydrogen (secondary N) is 1. The van der Waals surface area contributed by atoms with Crippen molar-refractivity contribution < 1.29 is 24.0 Å². The van der Waals surface area contributed by atoms with Gasteiger partial charge in [0.15, 0.2) is 17.5 Å². The topological polar surface area (TPSA) is 136 Å². The molecule has 0 aromatic carbocycles. The van der Waals surface area contributed by atoms with E-state index < -0.39 is 29.2 Å². The van der Waals surface area contributed by atoms with E-state index in [0.717, 1.165) is 11.3 Å². The Labute approximate surface area is 184 Å². The fraction of sp³-hybridized carbons (Fsp3) is 0.353. The van der Waals surface area contributed by atoms with Gasteiger partial charge >= 0.3 is 5.97 Å². The molecule has 2 atom stereocenters. The summed E-state index contributed by atoms with van der Waals surface area (Å²) in [6.45, 7) is -0.128. The molecular weight excluding hydrogens is 454 g/mol. The highest BCUT2D eigenvalue weighted by Crippen LogP contribution is 2.37. The van der Waals surface area contributed by atoms with Crippen LogP contribution in [0, 0.1) is 11.8 Å². The molecule has 3 N–H and O–H groups in total. The van der Waals surface area contributed by atoms with E-state index in [1.165, 1.54) is 23.8 Å². The fourth-order valence-corrected chi connectivity index (χ4v) is 4.54. The van der Waals surface area contributed by atoms with E-state index in [9.17, 15) is 14.4 Å². The Bertz CT molecular complexity index is 983. The van der Waals surface area contributed by atoms with Gasteiger partial charge in [-0.15, -0.1) is 34.7 Å². The maximum absolute atomic E-state index is 12.7. The first-order valence-corrected chi connectivity index (χ1v) is 10.9. The number of thioether (sulfide) groups is 1. The molecule has 30 heavy (non-hydrogen) atoms. The van der Waals surface area contributed by atoms with E-state index in [1.54, 1.807) is 11.5 Å². The predicted octanol–water partition coefficient (Wildman–Crippen LogP) is 0.145. The molecule has 0 aliphatic carbocycles. The molecule has 1 unspecified atom stereocenters. The minimum Gasteiger partial charge on any atom is -0.448 e. The molecule has 0 spiro atoms. The molecule has 0 radical (unpaired) electrons. The number of rotatable bonds is 6. The number of fused-ring (bicyclic) bond motifs is 1. The Kier molecular flexibility index (Phi) is 7.20.